The molecular formula is C12H19N5O2S. The molecular weight excluding hydrogens is 278 g/mol. The van der Waals surface area contributed by atoms with Gasteiger partial charge in [0, 0.05) is 20.2 Å². The summed E-state index contributed by atoms with van der Waals surface area (Å²) < 4.78 is 6.99. The number of carbonyl (C=O) groups excluding carboxylic acids is 1. The molecule has 1 amide bonds. The molecule has 7 nitrogen and oxygen atoms in total. The lowest BCUT2D eigenvalue weighted by atomic mass is 10.2. The van der Waals surface area contributed by atoms with Crippen molar-refractivity contribution >= 4 is 23.2 Å². The van der Waals surface area contributed by atoms with Crippen molar-refractivity contribution in [2.75, 3.05) is 13.2 Å². The van der Waals surface area contributed by atoms with E-state index in [9.17, 15) is 4.79 Å². The Hall–Kier alpha value is -1.67. The molecule has 1 aliphatic rings. The van der Waals surface area contributed by atoms with Gasteiger partial charge in [-0.05, 0) is 38.0 Å². The molecule has 2 rings (SSSR count). The molecule has 1 saturated heterocycles. The van der Waals surface area contributed by atoms with Crippen molar-refractivity contribution in [2.45, 2.75) is 25.9 Å². The van der Waals surface area contributed by atoms with Crippen LogP contribution < -0.4 is 16.2 Å². The van der Waals surface area contributed by atoms with Gasteiger partial charge >= 0.3 is 0 Å². The van der Waals surface area contributed by atoms with Crippen LogP contribution in [0.4, 0.5) is 0 Å². The van der Waals surface area contributed by atoms with Crippen LogP contribution >= 0.6 is 12.2 Å². The van der Waals surface area contributed by atoms with Crippen molar-refractivity contribution in [3.05, 3.63) is 17.5 Å². The molecule has 3 N–H and O–H groups in total. The number of aryl methyl sites for hydroxylation is 2. The van der Waals surface area contributed by atoms with Gasteiger partial charge in [-0.25, -0.2) is 0 Å². The summed E-state index contributed by atoms with van der Waals surface area (Å²) in [7, 11) is 1.72. The third-order valence-electron chi connectivity index (χ3n) is 3.04. The van der Waals surface area contributed by atoms with Crippen LogP contribution in [0.1, 0.15) is 29.0 Å². The second kappa shape index (κ2) is 6.67. The van der Waals surface area contributed by atoms with E-state index in [0.29, 0.717) is 17.4 Å². The molecule has 110 valence electrons. The van der Waals surface area contributed by atoms with E-state index in [1.54, 1.807) is 13.1 Å². The normalized spacial score (nSPS) is 17.8. The van der Waals surface area contributed by atoms with E-state index in [1.807, 2.05) is 6.92 Å². The summed E-state index contributed by atoms with van der Waals surface area (Å²) in [6.45, 7) is 3.29. The predicted octanol–water partition coefficient (Wildman–Crippen LogP) is 0.0164. The molecule has 1 aromatic heterocycles. The predicted molar refractivity (Wildman–Crippen MR) is 78.1 cm³/mol. The van der Waals surface area contributed by atoms with Crippen molar-refractivity contribution in [3.8, 4) is 0 Å². The molecule has 1 aromatic rings. The summed E-state index contributed by atoms with van der Waals surface area (Å²) in [5, 5.41) is 7.49. The molecule has 1 atom stereocenters. The van der Waals surface area contributed by atoms with Gasteiger partial charge < -0.3 is 10.1 Å². The first-order valence-corrected chi connectivity index (χ1v) is 6.93. The van der Waals surface area contributed by atoms with Gasteiger partial charge in [0.15, 0.2) is 5.11 Å². The lowest BCUT2D eigenvalue weighted by Crippen LogP contribution is -2.48. The molecule has 0 aromatic carbocycles. The second-order valence-corrected chi connectivity index (χ2v) is 5.13. The molecule has 1 aliphatic heterocycles. The zero-order valence-electron chi connectivity index (χ0n) is 11.6. The average molecular weight is 297 g/mol. The van der Waals surface area contributed by atoms with Gasteiger partial charge in [0.1, 0.15) is 5.69 Å². The van der Waals surface area contributed by atoms with Crippen LogP contribution in [0.25, 0.3) is 0 Å². The minimum atomic E-state index is -0.283. The fourth-order valence-corrected chi connectivity index (χ4v) is 2.19. The summed E-state index contributed by atoms with van der Waals surface area (Å²) >= 11 is 5.08. The molecule has 0 aliphatic carbocycles. The Balaban J connectivity index is 1.72. The number of hydrazine groups is 1. The maximum atomic E-state index is 11.9. The highest BCUT2D eigenvalue weighted by molar-refractivity contribution is 7.80. The fraction of sp³-hybridized carbons (Fsp3) is 0.583. The molecule has 0 radical (unpaired) electrons. The molecule has 20 heavy (non-hydrogen) atoms. The van der Waals surface area contributed by atoms with Gasteiger partial charge in [-0.3, -0.25) is 20.3 Å². The van der Waals surface area contributed by atoms with Crippen molar-refractivity contribution < 1.29 is 9.53 Å². The third kappa shape index (κ3) is 3.91. The number of amides is 1. The SMILES string of the molecule is Cc1cc(C(=O)NNC(=S)NC[C@H]2CCCO2)n(C)n1. The number of nitrogens with one attached hydrogen (secondary N) is 3. The van der Waals surface area contributed by atoms with Crippen LogP contribution in [-0.4, -0.2) is 40.1 Å². The number of ether oxygens (including phenoxy) is 1. The quantitative estimate of drug-likeness (QED) is 0.539. The summed E-state index contributed by atoms with van der Waals surface area (Å²) in [6.07, 6.45) is 2.32. The minimum absolute atomic E-state index is 0.199. The Kier molecular flexibility index (Phi) is 4.91. The first-order chi connectivity index (χ1) is 9.56. The topological polar surface area (TPSA) is 80.2 Å². The van der Waals surface area contributed by atoms with Crippen LogP contribution in [0, 0.1) is 6.92 Å². The monoisotopic (exact) mass is 297 g/mol. The van der Waals surface area contributed by atoms with E-state index in [0.717, 1.165) is 25.1 Å². The minimum Gasteiger partial charge on any atom is -0.376 e. The number of aromatic nitrogens is 2. The molecule has 0 spiro atoms. The van der Waals surface area contributed by atoms with Crippen LogP contribution in [0.3, 0.4) is 0 Å². The van der Waals surface area contributed by atoms with E-state index < -0.39 is 0 Å². The van der Waals surface area contributed by atoms with Crippen molar-refractivity contribution in [1.29, 1.82) is 0 Å². The Morgan fingerprint density at radius 3 is 3.00 bits per heavy atom. The Morgan fingerprint density at radius 2 is 2.40 bits per heavy atom. The highest BCUT2D eigenvalue weighted by atomic mass is 32.1. The van der Waals surface area contributed by atoms with Gasteiger partial charge in [-0.1, -0.05) is 0 Å². The number of hydrogen-bond donors (Lipinski definition) is 3. The van der Waals surface area contributed by atoms with Gasteiger partial charge in [0.2, 0.25) is 0 Å². The second-order valence-electron chi connectivity index (χ2n) is 4.72. The zero-order valence-corrected chi connectivity index (χ0v) is 12.4. The summed E-state index contributed by atoms with van der Waals surface area (Å²) in [4.78, 5) is 11.9. The molecule has 1 fully saturated rings. The Morgan fingerprint density at radius 1 is 1.60 bits per heavy atom. The van der Waals surface area contributed by atoms with E-state index >= 15 is 0 Å². The number of nitrogens with zero attached hydrogens (tertiary/aromatic N) is 2. The maximum Gasteiger partial charge on any atom is 0.287 e. The largest absolute Gasteiger partial charge is 0.376 e. The third-order valence-corrected chi connectivity index (χ3v) is 3.28. The van der Waals surface area contributed by atoms with E-state index in [4.69, 9.17) is 17.0 Å². The zero-order chi connectivity index (χ0) is 14.5. The molecule has 0 unspecified atom stereocenters. The molecule has 0 saturated carbocycles. The van der Waals surface area contributed by atoms with Crippen LogP contribution in [0.2, 0.25) is 0 Å². The Bertz CT molecular complexity index is 496. The van der Waals surface area contributed by atoms with Crippen molar-refractivity contribution in [3.63, 3.8) is 0 Å². The van der Waals surface area contributed by atoms with Gasteiger partial charge in [-0.15, -0.1) is 0 Å². The van der Waals surface area contributed by atoms with Crippen LogP contribution in [0.15, 0.2) is 6.07 Å². The van der Waals surface area contributed by atoms with Gasteiger partial charge in [0.05, 0.1) is 11.8 Å². The number of rotatable bonds is 3. The van der Waals surface area contributed by atoms with Crippen LogP contribution in [-0.2, 0) is 11.8 Å². The molecule has 2 heterocycles. The van der Waals surface area contributed by atoms with E-state index in [2.05, 4.69) is 21.3 Å². The summed E-state index contributed by atoms with van der Waals surface area (Å²) in [5.74, 6) is -0.283. The van der Waals surface area contributed by atoms with Crippen molar-refractivity contribution in [1.82, 2.24) is 25.9 Å². The maximum absolute atomic E-state index is 11.9. The van der Waals surface area contributed by atoms with Gasteiger partial charge in [0.25, 0.3) is 5.91 Å². The highest BCUT2D eigenvalue weighted by Gasteiger charge is 2.16. The standard InChI is InChI=1S/C12H19N5O2S/c1-8-6-10(17(2)16-8)11(18)14-15-12(20)13-7-9-4-3-5-19-9/h6,9H,3-5,7H2,1-2H3,(H,14,18)(H2,13,15,20)/t9-/m1/s1. The average Bonchev–Trinajstić information content (AvgIpc) is 3.03. The summed E-state index contributed by atoms with van der Waals surface area (Å²) in [5.41, 5.74) is 6.46. The molecule has 8 heteroatoms. The first-order valence-electron chi connectivity index (χ1n) is 6.52. The number of carbonyl (C=O) groups is 1. The lowest BCUT2D eigenvalue weighted by Gasteiger charge is -2.14. The molecule has 0 bridgehead atoms. The highest BCUT2D eigenvalue weighted by Crippen LogP contribution is 2.10. The van der Waals surface area contributed by atoms with Crippen molar-refractivity contribution in [2.24, 2.45) is 7.05 Å². The Labute approximate surface area is 123 Å². The van der Waals surface area contributed by atoms with Gasteiger partial charge in [-0.2, -0.15) is 5.10 Å². The number of hydrogen-bond acceptors (Lipinski definition) is 4. The lowest BCUT2D eigenvalue weighted by molar-refractivity contribution is 0.0933. The van der Waals surface area contributed by atoms with E-state index in [-0.39, 0.29) is 12.0 Å². The number of thiocarbonyl (C=S) groups is 1. The first kappa shape index (κ1) is 14.7. The smallest absolute Gasteiger partial charge is 0.287 e. The van der Waals surface area contributed by atoms with Crippen LogP contribution in [0.5, 0.6) is 0 Å². The van der Waals surface area contributed by atoms with E-state index in [1.165, 1.54) is 4.68 Å². The summed E-state index contributed by atoms with van der Waals surface area (Å²) in [6, 6.07) is 1.71. The fourth-order valence-electron chi connectivity index (χ4n) is 2.06.